The summed E-state index contributed by atoms with van der Waals surface area (Å²) < 4.78 is 38.2. The van der Waals surface area contributed by atoms with Gasteiger partial charge in [-0.05, 0) is 24.6 Å². The van der Waals surface area contributed by atoms with Crippen molar-refractivity contribution in [1.82, 2.24) is 14.9 Å². The van der Waals surface area contributed by atoms with E-state index in [4.69, 9.17) is 0 Å². The third-order valence-electron chi connectivity index (χ3n) is 4.63. The molecule has 0 unspecified atom stereocenters. The maximum atomic E-state index is 12.9. The van der Waals surface area contributed by atoms with Crippen LogP contribution in [0.3, 0.4) is 0 Å². The molecule has 150 valence electrons. The quantitative estimate of drug-likeness (QED) is 0.709. The average Bonchev–Trinajstić information content (AvgIpc) is 2.71. The first kappa shape index (κ1) is 20.3. The summed E-state index contributed by atoms with van der Waals surface area (Å²) in [5.74, 6) is -0.252. The summed E-state index contributed by atoms with van der Waals surface area (Å²) in [6.45, 7) is 1.69. The van der Waals surface area contributed by atoms with Gasteiger partial charge in [0.15, 0.2) is 0 Å². The Kier molecular flexibility index (Phi) is 5.54. The van der Waals surface area contributed by atoms with E-state index in [0.717, 1.165) is 18.2 Å². The van der Waals surface area contributed by atoms with Gasteiger partial charge in [-0.1, -0.05) is 42.5 Å². The zero-order valence-electron chi connectivity index (χ0n) is 15.7. The second kappa shape index (κ2) is 7.90. The number of carbonyl (C=O) groups is 1. The van der Waals surface area contributed by atoms with Crippen LogP contribution in [-0.2, 0) is 6.18 Å². The van der Waals surface area contributed by atoms with E-state index in [0.29, 0.717) is 11.1 Å². The number of H-pyrrole nitrogens is 1. The number of hydrogen-bond donors (Lipinski definition) is 1. The summed E-state index contributed by atoms with van der Waals surface area (Å²) in [5.41, 5.74) is -0.0995. The van der Waals surface area contributed by atoms with Gasteiger partial charge in [0, 0.05) is 18.7 Å². The molecule has 0 fully saturated rings. The minimum Gasteiger partial charge on any atom is -0.334 e. The highest BCUT2D eigenvalue weighted by atomic mass is 19.4. The van der Waals surface area contributed by atoms with Crippen molar-refractivity contribution in [3.05, 3.63) is 87.8 Å². The van der Waals surface area contributed by atoms with Gasteiger partial charge in [0.1, 0.15) is 11.5 Å². The van der Waals surface area contributed by atoms with Crippen molar-refractivity contribution in [1.29, 1.82) is 0 Å². The third kappa shape index (κ3) is 4.53. The fourth-order valence-corrected chi connectivity index (χ4v) is 2.83. The molecule has 29 heavy (non-hydrogen) atoms. The van der Waals surface area contributed by atoms with Crippen LogP contribution in [0, 0.1) is 0 Å². The Balaban J connectivity index is 1.86. The van der Waals surface area contributed by atoms with Crippen LogP contribution in [0.2, 0.25) is 0 Å². The van der Waals surface area contributed by atoms with Crippen LogP contribution in [0.4, 0.5) is 13.2 Å². The van der Waals surface area contributed by atoms with Gasteiger partial charge in [-0.15, -0.1) is 0 Å². The van der Waals surface area contributed by atoms with Crippen LogP contribution in [0.1, 0.15) is 34.6 Å². The number of carbonyl (C=O) groups excluding carboxylic acids is 1. The van der Waals surface area contributed by atoms with Crippen LogP contribution in [0.25, 0.3) is 11.4 Å². The number of aromatic amines is 1. The van der Waals surface area contributed by atoms with E-state index < -0.39 is 29.2 Å². The number of amides is 1. The average molecular weight is 401 g/mol. The van der Waals surface area contributed by atoms with Crippen LogP contribution < -0.4 is 5.56 Å². The molecular weight excluding hydrogens is 383 g/mol. The molecule has 0 aliphatic carbocycles. The Labute approximate surface area is 164 Å². The first-order valence-corrected chi connectivity index (χ1v) is 8.78. The highest BCUT2D eigenvalue weighted by Crippen LogP contribution is 2.30. The van der Waals surface area contributed by atoms with E-state index in [2.05, 4.69) is 9.97 Å². The molecule has 1 aromatic heterocycles. The lowest BCUT2D eigenvalue weighted by Crippen LogP contribution is -2.31. The first-order chi connectivity index (χ1) is 13.7. The van der Waals surface area contributed by atoms with Crippen LogP contribution in [0.5, 0.6) is 0 Å². The molecule has 1 amide bonds. The predicted octanol–water partition coefficient (Wildman–Crippen LogP) is 4.29. The summed E-state index contributed by atoms with van der Waals surface area (Å²) in [6.07, 6.45) is -4.42. The monoisotopic (exact) mass is 401 g/mol. The molecule has 0 aliphatic heterocycles. The van der Waals surface area contributed by atoms with Crippen molar-refractivity contribution in [2.75, 3.05) is 7.05 Å². The highest BCUT2D eigenvalue weighted by Gasteiger charge is 2.30. The van der Waals surface area contributed by atoms with Crippen LogP contribution in [-0.4, -0.2) is 27.8 Å². The summed E-state index contributed by atoms with van der Waals surface area (Å²) >= 11 is 0. The van der Waals surface area contributed by atoms with Crippen molar-refractivity contribution < 1.29 is 18.0 Å². The number of aromatic nitrogens is 2. The van der Waals surface area contributed by atoms with Crippen molar-refractivity contribution in [2.24, 2.45) is 0 Å². The Morgan fingerprint density at radius 3 is 2.28 bits per heavy atom. The molecule has 0 bridgehead atoms. The zero-order chi connectivity index (χ0) is 21.2. The second-order valence-corrected chi connectivity index (χ2v) is 6.56. The number of benzene rings is 2. The zero-order valence-corrected chi connectivity index (χ0v) is 15.7. The lowest BCUT2D eigenvalue weighted by molar-refractivity contribution is -0.137. The van der Waals surface area contributed by atoms with Crippen LogP contribution >= 0.6 is 0 Å². The molecule has 5 nitrogen and oxygen atoms in total. The van der Waals surface area contributed by atoms with Gasteiger partial charge < -0.3 is 9.88 Å². The third-order valence-corrected chi connectivity index (χ3v) is 4.63. The molecule has 3 aromatic rings. The van der Waals surface area contributed by atoms with E-state index in [9.17, 15) is 22.8 Å². The standard InChI is InChI=1S/C21H18F3N3O2/c1-13(14-8-10-16(11-9-14)21(22,23)24)27(2)20(29)17-12-18(28)26-19(25-17)15-6-4-3-5-7-15/h3-13H,1-2H3,(H,25,26,28)/t13-/m1/s1. The summed E-state index contributed by atoms with van der Waals surface area (Å²) in [4.78, 5) is 33.0. The van der Waals surface area contributed by atoms with Gasteiger partial charge in [0.2, 0.25) is 0 Å². The minimum absolute atomic E-state index is 0.0473. The number of rotatable bonds is 4. The molecular formula is C21H18F3N3O2. The smallest absolute Gasteiger partial charge is 0.334 e. The number of hydrogen-bond acceptors (Lipinski definition) is 3. The molecule has 0 saturated carbocycles. The number of alkyl halides is 3. The van der Waals surface area contributed by atoms with E-state index in [-0.39, 0.29) is 11.5 Å². The SMILES string of the molecule is C[C@H](c1ccc(C(F)(F)F)cc1)N(C)C(=O)c1cc(=O)[nH]c(-c2ccccc2)n1. The minimum atomic E-state index is -4.42. The van der Waals surface area contributed by atoms with Crippen molar-refractivity contribution in [2.45, 2.75) is 19.1 Å². The van der Waals surface area contributed by atoms with E-state index in [1.54, 1.807) is 31.2 Å². The van der Waals surface area contributed by atoms with Gasteiger partial charge in [0.25, 0.3) is 11.5 Å². The molecule has 1 atom stereocenters. The fraction of sp³-hybridized carbons (Fsp3) is 0.190. The molecule has 2 aromatic carbocycles. The largest absolute Gasteiger partial charge is 0.416 e. The van der Waals surface area contributed by atoms with E-state index in [1.165, 1.54) is 24.1 Å². The normalized spacial score (nSPS) is 12.4. The summed E-state index contributed by atoms with van der Waals surface area (Å²) in [5, 5.41) is 0. The van der Waals surface area contributed by atoms with E-state index in [1.807, 2.05) is 6.07 Å². The highest BCUT2D eigenvalue weighted by molar-refractivity contribution is 5.92. The van der Waals surface area contributed by atoms with Gasteiger partial charge in [-0.3, -0.25) is 9.59 Å². The van der Waals surface area contributed by atoms with Gasteiger partial charge in [-0.25, -0.2) is 4.98 Å². The number of nitrogens with one attached hydrogen (secondary N) is 1. The van der Waals surface area contributed by atoms with Crippen molar-refractivity contribution >= 4 is 5.91 Å². The molecule has 3 rings (SSSR count). The molecule has 1 N–H and O–H groups in total. The Hall–Kier alpha value is -3.42. The van der Waals surface area contributed by atoms with E-state index >= 15 is 0 Å². The lowest BCUT2D eigenvalue weighted by Gasteiger charge is -2.25. The summed E-state index contributed by atoms with van der Waals surface area (Å²) in [7, 11) is 1.51. The molecule has 0 spiro atoms. The van der Waals surface area contributed by atoms with Gasteiger partial charge >= 0.3 is 6.18 Å². The molecule has 0 aliphatic rings. The fourth-order valence-electron chi connectivity index (χ4n) is 2.83. The van der Waals surface area contributed by atoms with Crippen molar-refractivity contribution in [3.8, 4) is 11.4 Å². The van der Waals surface area contributed by atoms with Crippen molar-refractivity contribution in [3.63, 3.8) is 0 Å². The van der Waals surface area contributed by atoms with Gasteiger partial charge in [0.05, 0.1) is 11.6 Å². The second-order valence-electron chi connectivity index (χ2n) is 6.56. The molecule has 8 heteroatoms. The predicted molar refractivity (Wildman–Crippen MR) is 102 cm³/mol. The molecule has 1 heterocycles. The maximum absolute atomic E-state index is 12.9. The Bertz CT molecular complexity index is 1060. The first-order valence-electron chi connectivity index (χ1n) is 8.78. The lowest BCUT2D eigenvalue weighted by atomic mass is 10.0. The van der Waals surface area contributed by atoms with Crippen LogP contribution in [0.15, 0.2) is 65.5 Å². The summed E-state index contributed by atoms with van der Waals surface area (Å²) in [6, 6.07) is 14.1. The maximum Gasteiger partial charge on any atom is 0.416 e. The number of nitrogens with zero attached hydrogens (tertiary/aromatic N) is 2. The number of halogens is 3. The topological polar surface area (TPSA) is 66.1 Å². The Morgan fingerprint density at radius 1 is 1.07 bits per heavy atom. The Morgan fingerprint density at radius 2 is 1.69 bits per heavy atom. The molecule has 0 radical (unpaired) electrons. The van der Waals surface area contributed by atoms with Gasteiger partial charge in [-0.2, -0.15) is 13.2 Å². The molecule has 0 saturated heterocycles.